The monoisotopic (exact) mass is 626 g/mol. The third-order valence-corrected chi connectivity index (χ3v) is 8.64. The lowest BCUT2D eigenvalue weighted by molar-refractivity contribution is 0.199. The highest BCUT2D eigenvalue weighted by Gasteiger charge is 2.22. The molecule has 6 rings (SSSR count). The predicted octanol–water partition coefficient (Wildman–Crippen LogP) is 4.01. The Kier molecular flexibility index (Phi) is 7.74. The summed E-state index contributed by atoms with van der Waals surface area (Å²) in [4.78, 5) is 1.07. The van der Waals surface area contributed by atoms with Crippen LogP contribution in [0.3, 0.4) is 0 Å². The Morgan fingerprint density at radius 1 is 0.545 bits per heavy atom. The van der Waals surface area contributed by atoms with Gasteiger partial charge in [-0.15, -0.1) is 20.4 Å². The predicted molar refractivity (Wildman–Crippen MR) is 160 cm³/mol. The molecule has 0 spiro atoms. The maximum absolute atomic E-state index is 13.1. The average molecular weight is 627 g/mol. The molecule has 0 saturated heterocycles. The van der Waals surface area contributed by atoms with Gasteiger partial charge < -0.3 is 0 Å². The van der Waals surface area contributed by atoms with Crippen molar-refractivity contribution in [1.29, 1.82) is 0 Å². The van der Waals surface area contributed by atoms with Gasteiger partial charge >= 0.3 is 20.2 Å². The van der Waals surface area contributed by atoms with Gasteiger partial charge in [-0.25, -0.2) is 8.57 Å². The van der Waals surface area contributed by atoms with Gasteiger partial charge in [0.15, 0.2) is 0 Å². The zero-order valence-electron chi connectivity index (χ0n) is 22.7. The SMILES string of the molecule is O=S(=O)(On1ncc(-c2ccccc2)n1)c1ccc(C=Cc2ccccc2S(=O)(=O)On2ncc(-c3ccccc3)n2)cc1. The van der Waals surface area contributed by atoms with Crippen LogP contribution in [0.4, 0.5) is 0 Å². The van der Waals surface area contributed by atoms with E-state index in [2.05, 4.69) is 20.4 Å². The van der Waals surface area contributed by atoms with E-state index in [0.29, 0.717) is 32.4 Å². The number of hydrogen-bond acceptors (Lipinski definition) is 10. The smallest absolute Gasteiger partial charge is 0.247 e. The fraction of sp³-hybridized carbons (Fsp3) is 0. The lowest BCUT2D eigenvalue weighted by Crippen LogP contribution is -2.23. The first-order chi connectivity index (χ1) is 21.3. The molecule has 2 aromatic heterocycles. The molecule has 220 valence electrons. The van der Waals surface area contributed by atoms with Crippen LogP contribution in [0.25, 0.3) is 34.7 Å². The van der Waals surface area contributed by atoms with Crippen molar-refractivity contribution in [2.75, 3.05) is 0 Å². The van der Waals surface area contributed by atoms with Crippen molar-refractivity contribution in [2.24, 2.45) is 0 Å². The van der Waals surface area contributed by atoms with Crippen LogP contribution >= 0.6 is 0 Å². The molecule has 4 aromatic carbocycles. The van der Waals surface area contributed by atoms with Crippen LogP contribution in [0.5, 0.6) is 0 Å². The Hall–Kier alpha value is -5.60. The topological polar surface area (TPSA) is 148 Å². The minimum Gasteiger partial charge on any atom is -0.247 e. The Balaban J connectivity index is 1.15. The van der Waals surface area contributed by atoms with Gasteiger partial charge in [-0.05, 0) is 29.3 Å². The molecule has 0 saturated carbocycles. The van der Waals surface area contributed by atoms with Gasteiger partial charge in [-0.1, -0.05) is 103 Å². The second-order valence-electron chi connectivity index (χ2n) is 9.19. The van der Waals surface area contributed by atoms with Crippen LogP contribution < -0.4 is 8.57 Å². The van der Waals surface area contributed by atoms with E-state index < -0.39 is 20.2 Å². The number of rotatable bonds is 10. The second kappa shape index (κ2) is 11.9. The van der Waals surface area contributed by atoms with Crippen LogP contribution in [0.2, 0.25) is 0 Å². The molecule has 0 N–H and O–H groups in total. The van der Waals surface area contributed by atoms with Crippen molar-refractivity contribution in [2.45, 2.75) is 9.79 Å². The molecule has 44 heavy (non-hydrogen) atoms. The Labute approximate surface area is 252 Å². The molecule has 0 bridgehead atoms. The van der Waals surface area contributed by atoms with E-state index in [1.807, 2.05) is 60.7 Å². The lowest BCUT2D eigenvalue weighted by atomic mass is 10.1. The molecule has 0 aliphatic heterocycles. The summed E-state index contributed by atoms with van der Waals surface area (Å²) in [6.07, 6.45) is 6.00. The molecule has 14 heteroatoms. The number of benzene rings is 4. The standard InChI is InChI=1S/C30H22N6O6S2/c37-43(38,41-35-31-21-28(33-35)24-9-3-1-4-10-24)27-19-16-23(17-20-27)15-18-26-13-7-8-14-30(26)44(39,40)42-36-32-22-29(34-36)25-11-5-2-6-12-25/h1-22H. The molecule has 0 radical (unpaired) electrons. The van der Waals surface area contributed by atoms with Crippen LogP contribution in [-0.4, -0.2) is 47.1 Å². The van der Waals surface area contributed by atoms with E-state index in [9.17, 15) is 16.8 Å². The number of aromatic nitrogens is 6. The summed E-state index contributed by atoms with van der Waals surface area (Å²) in [5.74, 6) is 0. The Morgan fingerprint density at radius 3 is 1.61 bits per heavy atom. The Morgan fingerprint density at radius 2 is 1.05 bits per heavy atom. The molecule has 0 fully saturated rings. The summed E-state index contributed by atoms with van der Waals surface area (Å²) in [6, 6.07) is 30.3. The Bertz CT molecular complexity index is 2150. The fourth-order valence-corrected chi connectivity index (χ4v) is 5.89. The molecule has 0 aliphatic carbocycles. The first-order valence-corrected chi connectivity index (χ1v) is 15.8. The molecule has 0 amide bonds. The summed E-state index contributed by atoms with van der Waals surface area (Å²) >= 11 is 0. The summed E-state index contributed by atoms with van der Waals surface area (Å²) < 4.78 is 62.0. The zero-order chi connectivity index (χ0) is 30.6. The van der Waals surface area contributed by atoms with Gasteiger partial charge in [-0.3, -0.25) is 0 Å². The molecule has 2 heterocycles. The van der Waals surface area contributed by atoms with Crippen LogP contribution in [0.1, 0.15) is 11.1 Å². The lowest BCUT2D eigenvalue weighted by Gasteiger charge is -2.07. The first kappa shape index (κ1) is 28.5. The molecular weight excluding hydrogens is 605 g/mol. The van der Waals surface area contributed by atoms with E-state index in [1.165, 1.54) is 30.6 Å². The van der Waals surface area contributed by atoms with Gasteiger partial charge in [0.25, 0.3) is 0 Å². The summed E-state index contributed by atoms with van der Waals surface area (Å²) in [6.45, 7) is 0. The number of hydrogen-bond donors (Lipinski definition) is 0. The molecule has 12 nitrogen and oxygen atoms in total. The van der Waals surface area contributed by atoms with Crippen molar-refractivity contribution >= 4 is 32.4 Å². The molecule has 6 aromatic rings. The molecule has 0 aliphatic rings. The van der Waals surface area contributed by atoms with Crippen LogP contribution in [0.15, 0.2) is 131 Å². The highest BCUT2D eigenvalue weighted by atomic mass is 32.2. The summed E-state index contributed by atoms with van der Waals surface area (Å²) in [5, 5.41) is 16.0. The van der Waals surface area contributed by atoms with Gasteiger partial charge in [-0.2, -0.15) is 16.8 Å². The van der Waals surface area contributed by atoms with Gasteiger partial charge in [0.2, 0.25) is 0 Å². The maximum atomic E-state index is 13.1. The summed E-state index contributed by atoms with van der Waals surface area (Å²) in [5.41, 5.74) is 3.34. The fourth-order valence-electron chi connectivity index (χ4n) is 4.09. The van der Waals surface area contributed by atoms with E-state index in [-0.39, 0.29) is 9.79 Å². The van der Waals surface area contributed by atoms with Gasteiger partial charge in [0, 0.05) is 21.0 Å². The van der Waals surface area contributed by atoms with Crippen molar-refractivity contribution in [3.8, 4) is 22.5 Å². The quantitative estimate of drug-likeness (QED) is 0.204. The van der Waals surface area contributed by atoms with Crippen LogP contribution in [0, 0.1) is 0 Å². The van der Waals surface area contributed by atoms with Crippen molar-refractivity contribution in [1.82, 2.24) is 30.3 Å². The highest BCUT2D eigenvalue weighted by molar-refractivity contribution is 7.87. The van der Waals surface area contributed by atoms with Gasteiger partial charge in [0.1, 0.15) is 21.2 Å². The van der Waals surface area contributed by atoms with Crippen molar-refractivity contribution < 1.29 is 25.4 Å². The zero-order valence-corrected chi connectivity index (χ0v) is 24.3. The minimum absolute atomic E-state index is 0.107. The highest BCUT2D eigenvalue weighted by Crippen LogP contribution is 2.21. The maximum Gasteiger partial charge on any atom is 0.360 e. The first-order valence-electron chi connectivity index (χ1n) is 13.0. The minimum atomic E-state index is -4.31. The summed E-state index contributed by atoms with van der Waals surface area (Å²) in [7, 11) is -8.55. The van der Waals surface area contributed by atoms with E-state index in [4.69, 9.17) is 8.57 Å². The second-order valence-corrected chi connectivity index (χ2v) is 12.2. The third kappa shape index (κ3) is 6.40. The van der Waals surface area contributed by atoms with Crippen LogP contribution in [-0.2, 0) is 20.2 Å². The van der Waals surface area contributed by atoms with E-state index >= 15 is 0 Å². The normalized spacial score (nSPS) is 11.9. The van der Waals surface area contributed by atoms with E-state index in [0.717, 1.165) is 11.1 Å². The molecule has 0 atom stereocenters. The molecular formula is C30H22N6O6S2. The van der Waals surface area contributed by atoms with E-state index in [1.54, 1.807) is 42.5 Å². The third-order valence-electron chi connectivity index (χ3n) is 6.23. The van der Waals surface area contributed by atoms with Crippen molar-refractivity contribution in [3.63, 3.8) is 0 Å². The largest absolute Gasteiger partial charge is 0.360 e. The number of nitrogens with zero attached hydrogens (tertiary/aromatic N) is 6. The average Bonchev–Trinajstić information content (AvgIpc) is 3.70. The van der Waals surface area contributed by atoms with Crippen molar-refractivity contribution in [3.05, 3.63) is 133 Å². The molecule has 0 unspecified atom stereocenters. The van der Waals surface area contributed by atoms with Gasteiger partial charge in [0.05, 0.1) is 12.4 Å².